The average Bonchev–Trinajstić information content (AvgIpc) is 3.23. The van der Waals surface area contributed by atoms with Crippen molar-refractivity contribution in [2.75, 3.05) is 19.6 Å². The minimum Gasteiger partial charge on any atom is -0.309 e. The van der Waals surface area contributed by atoms with Crippen LogP contribution in [0.4, 0.5) is 0 Å². The lowest BCUT2D eigenvalue weighted by molar-refractivity contribution is 0.0278. The van der Waals surface area contributed by atoms with Crippen molar-refractivity contribution in [1.82, 2.24) is 10.2 Å². The number of nitrogens with zero attached hydrogens (tertiary/aromatic N) is 1. The number of nitrogens with one attached hydrogen (secondary N) is 1. The molecule has 1 N–H and O–H groups in total. The molecule has 2 aliphatic carbocycles. The molecule has 110 valence electrons. The molecule has 1 saturated heterocycles. The van der Waals surface area contributed by atoms with Crippen molar-refractivity contribution in [2.45, 2.75) is 70.9 Å². The van der Waals surface area contributed by atoms with E-state index in [9.17, 15) is 0 Å². The van der Waals surface area contributed by atoms with E-state index in [0.29, 0.717) is 5.54 Å². The van der Waals surface area contributed by atoms with E-state index in [2.05, 4.69) is 31.0 Å². The van der Waals surface area contributed by atoms with Crippen LogP contribution in [0.2, 0.25) is 0 Å². The molecule has 0 spiro atoms. The molecule has 3 rings (SSSR count). The molecule has 1 heterocycles. The first-order valence-corrected chi connectivity index (χ1v) is 8.59. The summed E-state index contributed by atoms with van der Waals surface area (Å²) in [4.78, 5) is 2.86. The Hall–Kier alpha value is -0.0800. The fourth-order valence-electron chi connectivity index (χ4n) is 4.69. The molecule has 2 heteroatoms. The Morgan fingerprint density at radius 1 is 1.11 bits per heavy atom. The van der Waals surface area contributed by atoms with E-state index in [-0.39, 0.29) is 0 Å². The minimum atomic E-state index is 0.414. The van der Waals surface area contributed by atoms with Crippen LogP contribution in [0.3, 0.4) is 0 Å². The van der Waals surface area contributed by atoms with Crippen molar-refractivity contribution >= 4 is 0 Å². The zero-order chi connectivity index (χ0) is 13.5. The highest BCUT2D eigenvalue weighted by molar-refractivity contribution is 5.03. The second-order valence-corrected chi connectivity index (χ2v) is 7.85. The Morgan fingerprint density at radius 3 is 2.53 bits per heavy atom. The first kappa shape index (κ1) is 13.9. The van der Waals surface area contributed by atoms with Crippen LogP contribution in [0, 0.1) is 17.8 Å². The highest BCUT2D eigenvalue weighted by Crippen LogP contribution is 2.42. The molecule has 0 amide bonds. The average molecular weight is 264 g/mol. The normalized spacial score (nSPS) is 41.7. The van der Waals surface area contributed by atoms with Gasteiger partial charge in [-0.05, 0) is 50.4 Å². The van der Waals surface area contributed by atoms with Gasteiger partial charge in [-0.15, -0.1) is 0 Å². The van der Waals surface area contributed by atoms with E-state index in [4.69, 9.17) is 0 Å². The van der Waals surface area contributed by atoms with Gasteiger partial charge in [0.05, 0.1) is 0 Å². The van der Waals surface area contributed by atoms with Crippen LogP contribution in [0.5, 0.6) is 0 Å². The fraction of sp³-hybridized carbons (Fsp3) is 1.00. The van der Waals surface area contributed by atoms with Crippen molar-refractivity contribution in [3.8, 4) is 0 Å². The van der Waals surface area contributed by atoms with Crippen LogP contribution in [0.25, 0.3) is 0 Å². The molecule has 19 heavy (non-hydrogen) atoms. The third-order valence-corrected chi connectivity index (χ3v) is 6.04. The fourth-order valence-corrected chi connectivity index (χ4v) is 4.69. The van der Waals surface area contributed by atoms with Crippen molar-refractivity contribution in [2.24, 2.45) is 17.8 Å². The maximum atomic E-state index is 3.83. The zero-order valence-electron chi connectivity index (χ0n) is 13.1. The van der Waals surface area contributed by atoms with E-state index in [1.807, 2.05) is 0 Å². The number of hydrogen-bond acceptors (Lipinski definition) is 2. The maximum Gasteiger partial charge on any atom is 0.0309 e. The molecule has 0 aromatic heterocycles. The summed E-state index contributed by atoms with van der Waals surface area (Å²) >= 11 is 0. The topological polar surface area (TPSA) is 15.3 Å². The van der Waals surface area contributed by atoms with Crippen LogP contribution >= 0.6 is 0 Å². The highest BCUT2D eigenvalue weighted by Gasteiger charge is 2.46. The van der Waals surface area contributed by atoms with Crippen molar-refractivity contribution in [3.05, 3.63) is 0 Å². The summed E-state index contributed by atoms with van der Waals surface area (Å²) in [5.41, 5.74) is 0.414. The Kier molecular flexibility index (Phi) is 3.92. The lowest BCUT2D eigenvalue weighted by Crippen LogP contribution is -2.63. The van der Waals surface area contributed by atoms with E-state index in [0.717, 1.165) is 23.8 Å². The van der Waals surface area contributed by atoms with Crippen LogP contribution < -0.4 is 5.32 Å². The molecule has 0 aromatic rings. The van der Waals surface area contributed by atoms with E-state index in [1.165, 1.54) is 58.2 Å². The predicted octanol–water partition coefficient (Wildman–Crippen LogP) is 3.28. The van der Waals surface area contributed by atoms with Gasteiger partial charge in [0.15, 0.2) is 0 Å². The number of rotatable bonds is 3. The lowest BCUT2D eigenvalue weighted by atomic mass is 9.76. The molecule has 3 atom stereocenters. The largest absolute Gasteiger partial charge is 0.309 e. The summed E-state index contributed by atoms with van der Waals surface area (Å²) in [6.45, 7) is 11.1. The smallest absolute Gasteiger partial charge is 0.0309 e. The van der Waals surface area contributed by atoms with Crippen LogP contribution in [0.1, 0.15) is 59.3 Å². The minimum absolute atomic E-state index is 0.414. The maximum absolute atomic E-state index is 3.83. The van der Waals surface area contributed by atoms with E-state index >= 15 is 0 Å². The molecule has 0 aromatic carbocycles. The predicted molar refractivity (Wildman–Crippen MR) is 81.3 cm³/mol. The standard InChI is InChI=1S/C17H32N2/c1-13(2)15-6-4-5-7-16(15)19-11-10-18-17(3,12-19)14-8-9-14/h13-16,18H,4-12H2,1-3H3. The molecule has 2 saturated carbocycles. The van der Waals surface area contributed by atoms with E-state index in [1.54, 1.807) is 0 Å². The molecule has 3 fully saturated rings. The quantitative estimate of drug-likeness (QED) is 0.841. The molecule has 0 radical (unpaired) electrons. The molecule has 0 bridgehead atoms. The van der Waals surface area contributed by atoms with Crippen molar-refractivity contribution in [3.63, 3.8) is 0 Å². The number of piperazine rings is 1. The summed E-state index contributed by atoms with van der Waals surface area (Å²) in [6, 6.07) is 0.869. The van der Waals surface area contributed by atoms with Crippen LogP contribution in [0.15, 0.2) is 0 Å². The van der Waals surface area contributed by atoms with Gasteiger partial charge in [0.25, 0.3) is 0 Å². The zero-order valence-corrected chi connectivity index (χ0v) is 13.1. The second-order valence-electron chi connectivity index (χ2n) is 7.85. The summed E-state index contributed by atoms with van der Waals surface area (Å²) in [5.74, 6) is 2.75. The first-order valence-electron chi connectivity index (χ1n) is 8.59. The van der Waals surface area contributed by atoms with E-state index < -0.39 is 0 Å². The molecular weight excluding hydrogens is 232 g/mol. The third kappa shape index (κ3) is 2.85. The van der Waals surface area contributed by atoms with Gasteiger partial charge in [-0.1, -0.05) is 26.7 Å². The molecule has 3 aliphatic rings. The Balaban J connectivity index is 1.69. The van der Waals surface area contributed by atoms with Crippen LogP contribution in [-0.4, -0.2) is 36.1 Å². The van der Waals surface area contributed by atoms with Gasteiger partial charge in [-0.3, -0.25) is 4.90 Å². The first-order chi connectivity index (χ1) is 9.10. The SMILES string of the molecule is CC(C)C1CCCCC1N1CCNC(C)(C2CC2)C1. The molecule has 3 unspecified atom stereocenters. The van der Waals surface area contributed by atoms with Gasteiger partial charge in [0.1, 0.15) is 0 Å². The lowest BCUT2D eigenvalue weighted by Gasteiger charge is -2.49. The van der Waals surface area contributed by atoms with Crippen molar-refractivity contribution in [1.29, 1.82) is 0 Å². The Bertz CT molecular complexity index is 310. The Morgan fingerprint density at radius 2 is 1.84 bits per heavy atom. The summed E-state index contributed by atoms with van der Waals surface area (Å²) in [7, 11) is 0. The molecule has 1 aliphatic heterocycles. The second kappa shape index (κ2) is 5.37. The highest BCUT2D eigenvalue weighted by atomic mass is 15.3. The summed E-state index contributed by atoms with van der Waals surface area (Å²) < 4.78 is 0. The Labute approximate surface area is 119 Å². The monoisotopic (exact) mass is 264 g/mol. The van der Waals surface area contributed by atoms with Crippen molar-refractivity contribution < 1.29 is 0 Å². The van der Waals surface area contributed by atoms with Gasteiger partial charge in [0.2, 0.25) is 0 Å². The van der Waals surface area contributed by atoms with Gasteiger partial charge >= 0.3 is 0 Å². The van der Waals surface area contributed by atoms with Gasteiger partial charge in [-0.2, -0.15) is 0 Å². The summed E-state index contributed by atoms with van der Waals surface area (Å²) in [6.07, 6.45) is 8.74. The van der Waals surface area contributed by atoms with Gasteiger partial charge in [0, 0.05) is 31.2 Å². The number of hydrogen-bond donors (Lipinski definition) is 1. The molecule has 2 nitrogen and oxygen atoms in total. The third-order valence-electron chi connectivity index (χ3n) is 6.04. The van der Waals surface area contributed by atoms with Gasteiger partial charge < -0.3 is 5.32 Å². The van der Waals surface area contributed by atoms with Crippen LogP contribution in [-0.2, 0) is 0 Å². The summed E-state index contributed by atoms with van der Waals surface area (Å²) in [5, 5.41) is 3.83. The molecular formula is C17H32N2. The van der Waals surface area contributed by atoms with Gasteiger partial charge in [-0.25, -0.2) is 0 Å².